The van der Waals surface area contributed by atoms with Crippen LogP contribution in [-0.2, 0) is 17.7 Å². The smallest absolute Gasteiger partial charge is 0.149 e. The molecule has 120 valence electrons. The monoisotopic (exact) mass is 311 g/mol. The van der Waals surface area contributed by atoms with E-state index in [4.69, 9.17) is 9.47 Å². The van der Waals surface area contributed by atoms with Gasteiger partial charge in [0.25, 0.3) is 0 Å². The summed E-state index contributed by atoms with van der Waals surface area (Å²) in [6.07, 6.45) is 2.84. The van der Waals surface area contributed by atoms with Crippen molar-refractivity contribution >= 4 is 11.5 Å². The van der Waals surface area contributed by atoms with Crippen LogP contribution in [0.5, 0.6) is 5.75 Å². The molecule has 0 bridgehead atoms. The molecule has 0 amide bonds. The maximum Gasteiger partial charge on any atom is 0.149 e. The third kappa shape index (κ3) is 3.10. The maximum atomic E-state index is 5.56. The van der Waals surface area contributed by atoms with E-state index in [-0.39, 0.29) is 0 Å². The van der Waals surface area contributed by atoms with Gasteiger partial charge < -0.3 is 19.7 Å². The van der Waals surface area contributed by atoms with E-state index in [1.165, 1.54) is 11.1 Å². The second kappa shape index (κ2) is 6.46. The lowest BCUT2D eigenvalue weighted by molar-refractivity contribution is 0.122. The fourth-order valence-electron chi connectivity index (χ4n) is 3.13. The zero-order valence-electron chi connectivity index (χ0n) is 13.1. The highest BCUT2D eigenvalue weighted by molar-refractivity contribution is 5.65. The second-order valence-corrected chi connectivity index (χ2v) is 5.86. The Bertz CT molecular complexity index is 684. The second-order valence-electron chi connectivity index (χ2n) is 5.86. The Morgan fingerprint density at radius 2 is 2.04 bits per heavy atom. The van der Waals surface area contributed by atoms with Gasteiger partial charge >= 0.3 is 0 Å². The minimum atomic E-state index is 0.766. The first-order valence-electron chi connectivity index (χ1n) is 8.16. The largest absolute Gasteiger partial charge is 0.493 e. The summed E-state index contributed by atoms with van der Waals surface area (Å²) in [5.41, 5.74) is 3.71. The first-order chi connectivity index (χ1) is 11.4. The van der Waals surface area contributed by atoms with E-state index in [1.54, 1.807) is 0 Å². The highest BCUT2D eigenvalue weighted by atomic mass is 16.5. The Morgan fingerprint density at radius 1 is 1.13 bits per heavy atom. The Kier molecular flexibility index (Phi) is 4.03. The number of nitrogens with one attached hydrogen (secondary N) is 1. The minimum Gasteiger partial charge on any atom is -0.493 e. The van der Waals surface area contributed by atoms with E-state index in [2.05, 4.69) is 39.5 Å². The standard InChI is InChI=1S/C18H21N3O2/c1-2-16(21-7-10-22-11-8-21)18(19-6-1)20-13-14-3-4-17-15(12-14)5-9-23-17/h1-4,6,12H,5,7-11,13H2,(H,19,20). The van der Waals surface area contributed by atoms with Gasteiger partial charge in [0.05, 0.1) is 25.5 Å². The molecule has 23 heavy (non-hydrogen) atoms. The normalized spacial score (nSPS) is 16.8. The predicted molar refractivity (Wildman–Crippen MR) is 90.2 cm³/mol. The van der Waals surface area contributed by atoms with Crippen LogP contribution in [0.25, 0.3) is 0 Å². The number of aromatic nitrogens is 1. The predicted octanol–water partition coefficient (Wildman–Crippen LogP) is 2.47. The number of nitrogens with zero attached hydrogens (tertiary/aromatic N) is 2. The van der Waals surface area contributed by atoms with E-state index in [9.17, 15) is 0 Å². The number of fused-ring (bicyclic) bond motifs is 1. The maximum absolute atomic E-state index is 5.56. The van der Waals surface area contributed by atoms with Crippen LogP contribution in [0, 0.1) is 0 Å². The lowest BCUT2D eigenvalue weighted by Gasteiger charge is -2.30. The SMILES string of the molecule is c1cnc(NCc2ccc3c(c2)CCO3)c(N2CCOCC2)c1. The fraction of sp³-hybridized carbons (Fsp3) is 0.389. The van der Waals surface area contributed by atoms with E-state index in [0.29, 0.717) is 0 Å². The number of anilines is 2. The summed E-state index contributed by atoms with van der Waals surface area (Å²) in [7, 11) is 0. The van der Waals surface area contributed by atoms with Crippen molar-refractivity contribution in [1.82, 2.24) is 4.98 Å². The highest BCUT2D eigenvalue weighted by Gasteiger charge is 2.16. The van der Waals surface area contributed by atoms with Crippen molar-refractivity contribution in [3.8, 4) is 5.75 Å². The van der Waals surface area contributed by atoms with Crippen molar-refractivity contribution in [1.29, 1.82) is 0 Å². The van der Waals surface area contributed by atoms with Crippen LogP contribution < -0.4 is 15.0 Å². The fourth-order valence-corrected chi connectivity index (χ4v) is 3.13. The van der Waals surface area contributed by atoms with Gasteiger partial charge in [0.1, 0.15) is 11.6 Å². The van der Waals surface area contributed by atoms with Crippen molar-refractivity contribution in [3.05, 3.63) is 47.7 Å². The molecule has 0 atom stereocenters. The molecule has 2 aliphatic rings. The highest BCUT2D eigenvalue weighted by Crippen LogP contribution is 2.27. The molecule has 0 radical (unpaired) electrons. The lowest BCUT2D eigenvalue weighted by atomic mass is 10.1. The zero-order chi connectivity index (χ0) is 15.5. The molecule has 0 unspecified atom stereocenters. The van der Waals surface area contributed by atoms with Crippen molar-refractivity contribution < 1.29 is 9.47 Å². The molecule has 1 aromatic heterocycles. The van der Waals surface area contributed by atoms with Crippen molar-refractivity contribution in [2.24, 2.45) is 0 Å². The van der Waals surface area contributed by atoms with Crippen molar-refractivity contribution in [2.75, 3.05) is 43.1 Å². The van der Waals surface area contributed by atoms with Gasteiger partial charge in [0, 0.05) is 32.3 Å². The lowest BCUT2D eigenvalue weighted by Crippen LogP contribution is -2.36. The van der Waals surface area contributed by atoms with E-state index in [1.807, 2.05) is 12.3 Å². The molecule has 1 saturated heterocycles. The van der Waals surface area contributed by atoms with E-state index in [0.717, 1.165) is 63.1 Å². The molecule has 1 N–H and O–H groups in total. The van der Waals surface area contributed by atoms with Gasteiger partial charge in [-0.05, 0) is 29.3 Å². The van der Waals surface area contributed by atoms with Gasteiger partial charge in [-0.15, -0.1) is 0 Å². The van der Waals surface area contributed by atoms with Gasteiger partial charge in [-0.1, -0.05) is 12.1 Å². The van der Waals surface area contributed by atoms with Crippen molar-refractivity contribution in [2.45, 2.75) is 13.0 Å². The molecule has 3 heterocycles. The Hall–Kier alpha value is -2.27. The average molecular weight is 311 g/mol. The van der Waals surface area contributed by atoms with Gasteiger partial charge in [-0.2, -0.15) is 0 Å². The van der Waals surface area contributed by atoms with Gasteiger partial charge in [-0.3, -0.25) is 0 Å². The number of morpholine rings is 1. The number of benzene rings is 1. The van der Waals surface area contributed by atoms with Crippen LogP contribution in [0.4, 0.5) is 11.5 Å². The molecule has 1 fully saturated rings. The molecule has 1 aromatic carbocycles. The molecular formula is C18H21N3O2. The third-order valence-electron chi connectivity index (χ3n) is 4.35. The topological polar surface area (TPSA) is 46.6 Å². The molecule has 4 rings (SSSR count). The van der Waals surface area contributed by atoms with E-state index >= 15 is 0 Å². The van der Waals surface area contributed by atoms with Crippen LogP contribution in [-0.4, -0.2) is 37.9 Å². The molecule has 5 nitrogen and oxygen atoms in total. The quantitative estimate of drug-likeness (QED) is 0.940. The number of ether oxygens (including phenoxy) is 2. The van der Waals surface area contributed by atoms with Gasteiger partial charge in [-0.25, -0.2) is 4.98 Å². The molecule has 2 aliphatic heterocycles. The minimum absolute atomic E-state index is 0.766. The van der Waals surface area contributed by atoms with E-state index < -0.39 is 0 Å². The summed E-state index contributed by atoms with van der Waals surface area (Å²) >= 11 is 0. The van der Waals surface area contributed by atoms with Crippen LogP contribution in [0.15, 0.2) is 36.5 Å². The van der Waals surface area contributed by atoms with Crippen LogP contribution in [0.1, 0.15) is 11.1 Å². The number of hydrogen-bond acceptors (Lipinski definition) is 5. The molecule has 0 spiro atoms. The summed E-state index contributed by atoms with van der Waals surface area (Å²) in [5, 5.41) is 3.48. The van der Waals surface area contributed by atoms with Crippen LogP contribution in [0.2, 0.25) is 0 Å². The summed E-state index contributed by atoms with van der Waals surface area (Å²) in [6, 6.07) is 10.5. The molecule has 0 saturated carbocycles. The summed E-state index contributed by atoms with van der Waals surface area (Å²) in [5.74, 6) is 1.96. The van der Waals surface area contributed by atoms with Crippen LogP contribution >= 0.6 is 0 Å². The number of rotatable bonds is 4. The summed E-state index contributed by atoms with van der Waals surface area (Å²) in [6.45, 7) is 4.95. The first kappa shape index (κ1) is 14.3. The molecule has 5 heteroatoms. The number of hydrogen-bond donors (Lipinski definition) is 1. The van der Waals surface area contributed by atoms with Crippen molar-refractivity contribution in [3.63, 3.8) is 0 Å². The Morgan fingerprint density at radius 3 is 2.96 bits per heavy atom. The van der Waals surface area contributed by atoms with Gasteiger partial charge in [0.2, 0.25) is 0 Å². The Labute approximate surface area is 136 Å². The first-order valence-corrected chi connectivity index (χ1v) is 8.16. The third-order valence-corrected chi connectivity index (χ3v) is 4.35. The summed E-state index contributed by atoms with van der Waals surface area (Å²) in [4.78, 5) is 6.85. The zero-order valence-corrected chi connectivity index (χ0v) is 13.1. The molecular weight excluding hydrogens is 290 g/mol. The number of pyridine rings is 1. The molecule has 0 aliphatic carbocycles. The van der Waals surface area contributed by atoms with Crippen LogP contribution in [0.3, 0.4) is 0 Å². The average Bonchev–Trinajstić information content (AvgIpc) is 3.09. The Balaban J connectivity index is 1.48. The molecule has 2 aromatic rings. The van der Waals surface area contributed by atoms with Gasteiger partial charge in [0.15, 0.2) is 0 Å². The summed E-state index contributed by atoms with van der Waals surface area (Å²) < 4.78 is 11.0.